The van der Waals surface area contributed by atoms with Crippen molar-refractivity contribution in [3.05, 3.63) is 47.4 Å². The van der Waals surface area contributed by atoms with Crippen molar-refractivity contribution in [1.29, 1.82) is 0 Å². The van der Waals surface area contributed by atoms with E-state index < -0.39 is 39.4 Å². The van der Waals surface area contributed by atoms with Crippen LogP contribution in [-0.2, 0) is 33.2 Å². The predicted molar refractivity (Wildman–Crippen MR) is 91.9 cm³/mol. The van der Waals surface area contributed by atoms with Gasteiger partial charge in [0.1, 0.15) is 24.9 Å². The Morgan fingerprint density at radius 3 is 2.59 bits per heavy atom. The van der Waals surface area contributed by atoms with E-state index in [9.17, 15) is 13.2 Å². The molecule has 1 unspecified atom stereocenters. The standard InChI is InChI=1S/C18H20O8S/c1-16(2)23-12-18(25-16)11-17(8-9-27(20,21)26-17)14(24-18)10-22-15(19)13-6-4-3-5-7-13/h3-9,14H,10-12H2,1-2H3/t14-,17+,18?/m1/s1. The third kappa shape index (κ3) is 3.53. The van der Waals surface area contributed by atoms with Gasteiger partial charge in [-0.25, -0.2) is 4.79 Å². The minimum atomic E-state index is -3.83. The first kappa shape index (κ1) is 18.6. The average molecular weight is 396 g/mol. The first-order chi connectivity index (χ1) is 12.6. The number of carbonyl (C=O) groups excluding carboxylic acids is 1. The Bertz CT molecular complexity index is 878. The van der Waals surface area contributed by atoms with Gasteiger partial charge in [0.2, 0.25) is 0 Å². The van der Waals surface area contributed by atoms with Gasteiger partial charge >= 0.3 is 5.97 Å². The minimum absolute atomic E-state index is 0.104. The summed E-state index contributed by atoms with van der Waals surface area (Å²) in [4.78, 5) is 12.2. The first-order valence-corrected chi connectivity index (χ1v) is 9.99. The van der Waals surface area contributed by atoms with Crippen LogP contribution in [0.4, 0.5) is 0 Å². The molecule has 0 N–H and O–H groups in total. The fourth-order valence-corrected chi connectivity index (χ4v) is 4.68. The summed E-state index contributed by atoms with van der Waals surface area (Å²) in [6, 6.07) is 8.49. The van der Waals surface area contributed by atoms with Crippen molar-refractivity contribution in [2.45, 2.75) is 43.5 Å². The van der Waals surface area contributed by atoms with Gasteiger partial charge in [0.15, 0.2) is 11.6 Å². The van der Waals surface area contributed by atoms with E-state index in [4.69, 9.17) is 23.1 Å². The number of rotatable bonds is 3. The molecule has 3 atom stereocenters. The monoisotopic (exact) mass is 396 g/mol. The molecule has 1 aromatic carbocycles. The van der Waals surface area contributed by atoms with Gasteiger partial charge < -0.3 is 18.9 Å². The van der Waals surface area contributed by atoms with E-state index in [1.54, 1.807) is 44.2 Å². The lowest BCUT2D eigenvalue weighted by Crippen LogP contribution is -2.41. The normalized spacial score (nSPS) is 35.9. The van der Waals surface area contributed by atoms with Gasteiger partial charge in [-0.1, -0.05) is 18.2 Å². The molecule has 1 aromatic rings. The fourth-order valence-electron chi connectivity index (χ4n) is 3.58. The number of benzene rings is 1. The molecule has 0 radical (unpaired) electrons. The van der Waals surface area contributed by atoms with Gasteiger partial charge in [-0.2, -0.15) is 8.42 Å². The molecule has 3 heterocycles. The van der Waals surface area contributed by atoms with Gasteiger partial charge in [0.25, 0.3) is 10.1 Å². The van der Waals surface area contributed by atoms with Crippen LogP contribution >= 0.6 is 0 Å². The molecule has 2 spiro atoms. The molecule has 2 fully saturated rings. The SMILES string of the molecule is CC1(C)OCC2(C[C@@]3(C=CS(=O)(=O)O3)[C@@H](COC(=O)c3ccccc3)O2)O1. The fraction of sp³-hybridized carbons (Fsp3) is 0.500. The van der Waals surface area contributed by atoms with Crippen LogP contribution in [0.2, 0.25) is 0 Å². The van der Waals surface area contributed by atoms with E-state index in [1.165, 1.54) is 6.08 Å². The quantitative estimate of drug-likeness (QED) is 0.563. The van der Waals surface area contributed by atoms with Gasteiger partial charge in [0, 0.05) is 6.42 Å². The van der Waals surface area contributed by atoms with Crippen LogP contribution in [0.15, 0.2) is 41.8 Å². The smallest absolute Gasteiger partial charge is 0.338 e. The zero-order valence-electron chi connectivity index (χ0n) is 14.9. The Labute approximate surface area is 157 Å². The van der Waals surface area contributed by atoms with Crippen LogP contribution < -0.4 is 0 Å². The molecule has 0 amide bonds. The van der Waals surface area contributed by atoms with Crippen LogP contribution in [0, 0.1) is 0 Å². The molecule has 3 aliphatic heterocycles. The number of ether oxygens (including phenoxy) is 4. The second-order valence-electron chi connectivity index (χ2n) is 7.28. The number of hydrogen-bond acceptors (Lipinski definition) is 8. The minimum Gasteiger partial charge on any atom is -0.459 e. The highest BCUT2D eigenvalue weighted by Crippen LogP contribution is 2.50. The van der Waals surface area contributed by atoms with Crippen molar-refractivity contribution < 1.29 is 36.3 Å². The van der Waals surface area contributed by atoms with E-state index in [0.717, 1.165) is 5.41 Å². The van der Waals surface area contributed by atoms with Crippen LogP contribution in [0.5, 0.6) is 0 Å². The highest BCUT2D eigenvalue weighted by Gasteiger charge is 2.64. The molecular formula is C18H20O8S. The topological polar surface area (TPSA) is 97.4 Å². The van der Waals surface area contributed by atoms with E-state index in [-0.39, 0.29) is 19.6 Å². The maximum atomic E-state index is 12.2. The Kier molecular flexibility index (Phi) is 4.21. The van der Waals surface area contributed by atoms with E-state index in [2.05, 4.69) is 0 Å². The van der Waals surface area contributed by atoms with Crippen molar-refractivity contribution in [1.82, 2.24) is 0 Å². The Balaban J connectivity index is 1.54. The zero-order valence-corrected chi connectivity index (χ0v) is 15.7. The summed E-state index contributed by atoms with van der Waals surface area (Å²) < 4.78 is 51.9. The van der Waals surface area contributed by atoms with Crippen LogP contribution in [0.1, 0.15) is 30.6 Å². The lowest BCUT2D eigenvalue weighted by atomic mass is 9.93. The average Bonchev–Trinajstić information content (AvgIpc) is 3.19. The molecule has 9 heteroatoms. The first-order valence-electron chi connectivity index (χ1n) is 8.52. The number of carbonyl (C=O) groups is 1. The Morgan fingerprint density at radius 1 is 1.26 bits per heavy atom. The maximum Gasteiger partial charge on any atom is 0.338 e. The molecule has 2 saturated heterocycles. The van der Waals surface area contributed by atoms with Crippen LogP contribution in [-0.4, -0.2) is 50.9 Å². The molecule has 0 aromatic heterocycles. The van der Waals surface area contributed by atoms with Crippen LogP contribution in [0.3, 0.4) is 0 Å². The summed E-state index contributed by atoms with van der Waals surface area (Å²) in [5.41, 5.74) is -0.920. The Hall–Kier alpha value is -1.78. The van der Waals surface area contributed by atoms with Gasteiger partial charge in [-0.15, -0.1) is 0 Å². The summed E-state index contributed by atoms with van der Waals surface area (Å²) in [6.07, 6.45) is 0.663. The number of hydrogen-bond donors (Lipinski definition) is 0. The molecule has 27 heavy (non-hydrogen) atoms. The lowest BCUT2D eigenvalue weighted by molar-refractivity contribution is -0.247. The summed E-state index contributed by atoms with van der Waals surface area (Å²) >= 11 is 0. The summed E-state index contributed by atoms with van der Waals surface area (Å²) in [5, 5.41) is 0.988. The van der Waals surface area contributed by atoms with Crippen molar-refractivity contribution in [3.8, 4) is 0 Å². The third-order valence-corrected chi connectivity index (χ3v) is 5.69. The molecule has 0 bridgehead atoms. The van der Waals surface area contributed by atoms with Crippen LogP contribution in [0.25, 0.3) is 0 Å². The van der Waals surface area contributed by atoms with Crippen molar-refractivity contribution in [2.75, 3.05) is 13.2 Å². The highest BCUT2D eigenvalue weighted by atomic mass is 32.2. The molecule has 3 aliphatic rings. The number of esters is 1. The zero-order chi connectivity index (χ0) is 19.3. The van der Waals surface area contributed by atoms with Crippen molar-refractivity contribution in [2.24, 2.45) is 0 Å². The lowest BCUT2D eigenvalue weighted by Gasteiger charge is -2.24. The molecule has 4 rings (SSSR count). The van der Waals surface area contributed by atoms with Crippen molar-refractivity contribution in [3.63, 3.8) is 0 Å². The molecule has 8 nitrogen and oxygen atoms in total. The van der Waals surface area contributed by atoms with E-state index in [0.29, 0.717) is 5.56 Å². The summed E-state index contributed by atoms with van der Waals surface area (Å²) in [6.45, 7) is 3.40. The van der Waals surface area contributed by atoms with E-state index >= 15 is 0 Å². The summed E-state index contributed by atoms with van der Waals surface area (Å²) in [5.74, 6) is -2.58. The maximum absolute atomic E-state index is 12.2. The van der Waals surface area contributed by atoms with Gasteiger partial charge in [-0.3, -0.25) is 4.18 Å². The van der Waals surface area contributed by atoms with E-state index in [1.807, 2.05) is 0 Å². The second-order valence-corrected chi connectivity index (χ2v) is 8.71. The molecule has 146 valence electrons. The summed E-state index contributed by atoms with van der Waals surface area (Å²) in [7, 11) is -3.83. The predicted octanol–water partition coefficient (Wildman–Crippen LogP) is 1.72. The highest BCUT2D eigenvalue weighted by molar-refractivity contribution is 7.90. The Morgan fingerprint density at radius 2 is 2.00 bits per heavy atom. The second kappa shape index (κ2) is 6.11. The van der Waals surface area contributed by atoms with Crippen molar-refractivity contribution >= 4 is 16.1 Å². The van der Waals surface area contributed by atoms with Gasteiger partial charge in [-0.05, 0) is 32.1 Å². The third-order valence-electron chi connectivity index (χ3n) is 4.68. The molecule has 0 saturated carbocycles. The largest absolute Gasteiger partial charge is 0.459 e. The molecule has 0 aliphatic carbocycles. The molecular weight excluding hydrogens is 376 g/mol. The van der Waals surface area contributed by atoms with Gasteiger partial charge in [0.05, 0.1) is 11.0 Å².